The standard InChI is InChI=1S/C13H22N2O7S2/c1-24-6-9(12(19)20)22-13(21)8(5-23)15-10(16)4-2-3-7(14)11(17)18/h7-9,23H,2-6,14H2,1H3,(H,15,16)(H,17,18)(H,19,20)/t7-,8-,9-/m0/s1. The lowest BCUT2D eigenvalue weighted by Gasteiger charge is -2.19. The van der Waals surface area contributed by atoms with Gasteiger partial charge in [0.2, 0.25) is 12.0 Å². The van der Waals surface area contributed by atoms with Crippen molar-refractivity contribution in [1.29, 1.82) is 0 Å². The minimum atomic E-state index is -1.31. The van der Waals surface area contributed by atoms with Gasteiger partial charge < -0.3 is 26.0 Å². The Kier molecular flexibility index (Phi) is 11.3. The first-order valence-electron chi connectivity index (χ1n) is 7.03. The molecule has 0 radical (unpaired) electrons. The summed E-state index contributed by atoms with van der Waals surface area (Å²) in [6, 6.07) is -2.14. The highest BCUT2D eigenvalue weighted by atomic mass is 32.2. The van der Waals surface area contributed by atoms with Crippen LogP contribution in [-0.4, -0.2) is 70.0 Å². The Morgan fingerprint density at radius 2 is 1.88 bits per heavy atom. The molecule has 0 heterocycles. The summed E-state index contributed by atoms with van der Waals surface area (Å²) in [6.45, 7) is 0. The molecule has 0 aromatic heterocycles. The fraction of sp³-hybridized carbons (Fsp3) is 0.692. The topological polar surface area (TPSA) is 156 Å². The van der Waals surface area contributed by atoms with Crippen LogP contribution >= 0.6 is 24.4 Å². The van der Waals surface area contributed by atoms with Crippen molar-refractivity contribution in [1.82, 2.24) is 5.32 Å². The van der Waals surface area contributed by atoms with Crippen molar-refractivity contribution in [3.63, 3.8) is 0 Å². The molecule has 0 aliphatic carbocycles. The number of nitrogens with two attached hydrogens (primary N) is 1. The predicted molar refractivity (Wildman–Crippen MR) is 91.1 cm³/mol. The molecule has 0 spiro atoms. The Morgan fingerprint density at radius 1 is 1.25 bits per heavy atom. The van der Waals surface area contributed by atoms with Gasteiger partial charge >= 0.3 is 17.9 Å². The molecule has 11 heteroatoms. The molecule has 0 fully saturated rings. The maximum absolute atomic E-state index is 11.9. The van der Waals surface area contributed by atoms with Crippen LogP contribution in [0.3, 0.4) is 0 Å². The van der Waals surface area contributed by atoms with Gasteiger partial charge in [0, 0.05) is 17.9 Å². The van der Waals surface area contributed by atoms with Crippen LogP contribution < -0.4 is 11.1 Å². The SMILES string of the molecule is CSC[C@H](OC(=O)[C@H](CS)NC(=O)CCC[C@H](N)C(=O)O)C(=O)O. The van der Waals surface area contributed by atoms with Crippen LogP contribution in [0.4, 0.5) is 0 Å². The van der Waals surface area contributed by atoms with Gasteiger partial charge in [0.1, 0.15) is 12.1 Å². The summed E-state index contributed by atoms with van der Waals surface area (Å²) in [7, 11) is 0. The van der Waals surface area contributed by atoms with E-state index in [2.05, 4.69) is 17.9 Å². The highest BCUT2D eigenvalue weighted by molar-refractivity contribution is 7.98. The molecular weight excluding hydrogens is 360 g/mol. The van der Waals surface area contributed by atoms with Crippen molar-refractivity contribution in [2.24, 2.45) is 5.73 Å². The van der Waals surface area contributed by atoms with Gasteiger partial charge in [0.25, 0.3) is 0 Å². The van der Waals surface area contributed by atoms with E-state index in [1.54, 1.807) is 6.26 Å². The number of aliphatic carboxylic acids is 2. The highest BCUT2D eigenvalue weighted by Crippen LogP contribution is 2.06. The Labute approximate surface area is 149 Å². The monoisotopic (exact) mass is 382 g/mol. The van der Waals surface area contributed by atoms with Crippen molar-refractivity contribution < 1.29 is 34.1 Å². The second kappa shape index (κ2) is 12.0. The largest absolute Gasteiger partial charge is 0.480 e. The summed E-state index contributed by atoms with van der Waals surface area (Å²) in [5.74, 6) is -3.79. The Hall–Kier alpha value is -1.46. The third-order valence-corrected chi connectivity index (χ3v) is 3.89. The highest BCUT2D eigenvalue weighted by Gasteiger charge is 2.27. The third kappa shape index (κ3) is 8.99. The quantitative estimate of drug-likeness (QED) is 0.218. The molecule has 0 aliphatic rings. The van der Waals surface area contributed by atoms with E-state index >= 15 is 0 Å². The molecule has 9 nitrogen and oxygen atoms in total. The van der Waals surface area contributed by atoms with Crippen LogP contribution in [0.25, 0.3) is 0 Å². The number of carbonyl (C=O) groups is 4. The van der Waals surface area contributed by atoms with Gasteiger partial charge in [0.05, 0.1) is 0 Å². The minimum absolute atomic E-state index is 0.0221. The number of thiol groups is 1. The minimum Gasteiger partial charge on any atom is -0.480 e. The average Bonchev–Trinajstić information content (AvgIpc) is 2.51. The van der Waals surface area contributed by atoms with Gasteiger partial charge in [-0.05, 0) is 19.1 Å². The van der Waals surface area contributed by atoms with Gasteiger partial charge in [-0.1, -0.05) is 0 Å². The van der Waals surface area contributed by atoms with Crippen molar-refractivity contribution >= 4 is 48.2 Å². The summed E-state index contributed by atoms with van der Waals surface area (Å²) in [4.78, 5) is 45.2. The molecule has 5 N–H and O–H groups in total. The first-order chi connectivity index (χ1) is 11.2. The molecule has 0 rings (SSSR count). The summed E-state index contributed by atoms with van der Waals surface area (Å²) in [5, 5.41) is 20.0. The summed E-state index contributed by atoms with van der Waals surface area (Å²) < 4.78 is 4.86. The predicted octanol–water partition coefficient (Wildman–Crippen LogP) is -0.657. The molecule has 138 valence electrons. The first-order valence-corrected chi connectivity index (χ1v) is 9.06. The van der Waals surface area contributed by atoms with E-state index in [1.165, 1.54) is 11.8 Å². The zero-order chi connectivity index (χ0) is 18.7. The van der Waals surface area contributed by atoms with Crippen LogP contribution in [0, 0.1) is 0 Å². The number of carboxylic acids is 2. The van der Waals surface area contributed by atoms with Crippen LogP contribution in [0.15, 0.2) is 0 Å². The number of hydrogen-bond acceptors (Lipinski definition) is 8. The normalized spacial score (nSPS) is 14.3. The molecule has 0 bridgehead atoms. The summed E-state index contributed by atoms with van der Waals surface area (Å²) >= 11 is 5.15. The van der Waals surface area contributed by atoms with E-state index in [-0.39, 0.29) is 30.8 Å². The maximum Gasteiger partial charge on any atom is 0.345 e. The van der Waals surface area contributed by atoms with Crippen molar-refractivity contribution in [2.45, 2.75) is 37.5 Å². The smallest absolute Gasteiger partial charge is 0.345 e. The van der Waals surface area contributed by atoms with E-state index in [0.29, 0.717) is 0 Å². The van der Waals surface area contributed by atoms with E-state index in [1.807, 2.05) is 0 Å². The molecule has 0 aromatic rings. The number of ether oxygens (including phenoxy) is 1. The van der Waals surface area contributed by atoms with E-state index < -0.39 is 42.0 Å². The number of hydrogen-bond donors (Lipinski definition) is 5. The second-order valence-corrected chi connectivity index (χ2v) is 6.13. The molecule has 3 atom stereocenters. The molecule has 24 heavy (non-hydrogen) atoms. The lowest BCUT2D eigenvalue weighted by molar-refractivity contribution is -0.163. The molecule has 0 saturated heterocycles. The molecule has 1 amide bonds. The Bertz CT molecular complexity index is 462. The van der Waals surface area contributed by atoms with Crippen LogP contribution in [0.1, 0.15) is 19.3 Å². The van der Waals surface area contributed by atoms with E-state index in [0.717, 1.165) is 0 Å². The van der Waals surface area contributed by atoms with Gasteiger partial charge in [-0.3, -0.25) is 9.59 Å². The van der Waals surface area contributed by atoms with E-state index in [4.69, 9.17) is 20.7 Å². The summed E-state index contributed by atoms with van der Waals surface area (Å²) in [6.07, 6.45) is 0.695. The van der Waals surface area contributed by atoms with Crippen molar-refractivity contribution in [2.75, 3.05) is 17.8 Å². The van der Waals surface area contributed by atoms with Crippen LogP contribution in [0.5, 0.6) is 0 Å². The lowest BCUT2D eigenvalue weighted by atomic mass is 10.1. The first kappa shape index (κ1) is 22.5. The summed E-state index contributed by atoms with van der Waals surface area (Å²) in [5.41, 5.74) is 5.31. The molecule has 0 aliphatic heterocycles. The lowest BCUT2D eigenvalue weighted by Crippen LogP contribution is -2.45. The molecular formula is C13H22N2O7S2. The van der Waals surface area contributed by atoms with Gasteiger partial charge in [-0.25, -0.2) is 9.59 Å². The Balaban J connectivity index is 4.41. The second-order valence-electron chi connectivity index (χ2n) is 4.86. The number of carboxylic acid groups (broad SMARTS) is 2. The van der Waals surface area contributed by atoms with Crippen molar-refractivity contribution in [3.05, 3.63) is 0 Å². The zero-order valence-electron chi connectivity index (χ0n) is 13.1. The van der Waals surface area contributed by atoms with Gasteiger partial charge in [-0.15, -0.1) is 0 Å². The number of rotatable bonds is 12. The number of thioether (sulfide) groups is 1. The zero-order valence-corrected chi connectivity index (χ0v) is 14.8. The van der Waals surface area contributed by atoms with E-state index in [9.17, 15) is 19.2 Å². The number of esters is 1. The molecule has 0 unspecified atom stereocenters. The fourth-order valence-electron chi connectivity index (χ4n) is 1.58. The third-order valence-electron chi connectivity index (χ3n) is 2.89. The number of amides is 1. The van der Waals surface area contributed by atoms with Crippen molar-refractivity contribution in [3.8, 4) is 0 Å². The van der Waals surface area contributed by atoms with Gasteiger partial charge in [-0.2, -0.15) is 24.4 Å². The average molecular weight is 382 g/mol. The van der Waals surface area contributed by atoms with Crippen LogP contribution in [0.2, 0.25) is 0 Å². The number of nitrogens with one attached hydrogen (secondary N) is 1. The molecule has 0 saturated carbocycles. The van der Waals surface area contributed by atoms with Crippen LogP contribution in [-0.2, 0) is 23.9 Å². The van der Waals surface area contributed by atoms with Gasteiger partial charge in [0.15, 0.2) is 0 Å². The maximum atomic E-state index is 11.9. The number of carbonyl (C=O) groups excluding carboxylic acids is 2. The Morgan fingerprint density at radius 3 is 2.33 bits per heavy atom. The molecule has 0 aromatic carbocycles. The fourth-order valence-corrected chi connectivity index (χ4v) is 2.33.